The van der Waals surface area contributed by atoms with E-state index >= 15 is 0 Å². The van der Waals surface area contributed by atoms with Crippen LogP contribution in [0.2, 0.25) is 5.02 Å². The molecule has 0 saturated carbocycles. The molecule has 0 aliphatic rings. The maximum absolute atomic E-state index is 6.09. The Bertz CT molecular complexity index is 1300. The van der Waals surface area contributed by atoms with Gasteiger partial charge in [0, 0.05) is 55.0 Å². The Labute approximate surface area is 231 Å². The fraction of sp³-hybridized carbons (Fsp3) is 0.258. The largest absolute Gasteiger partial charge is 0.375 e. The predicted octanol–water partition coefficient (Wildman–Crippen LogP) is 7.53. The summed E-state index contributed by atoms with van der Waals surface area (Å²) in [5, 5.41) is 5.01. The molecule has 0 amide bonds. The summed E-state index contributed by atoms with van der Waals surface area (Å²) in [4.78, 5) is 4.57. The average molecular weight is 531 g/mol. The Kier molecular flexibility index (Phi) is 9.26. The van der Waals surface area contributed by atoms with Gasteiger partial charge in [0.05, 0.1) is 6.54 Å². The highest BCUT2D eigenvalue weighted by Crippen LogP contribution is 2.19. The van der Waals surface area contributed by atoms with Gasteiger partial charge in [-0.3, -0.25) is 0 Å². The molecule has 4 rings (SSSR count). The predicted molar refractivity (Wildman–Crippen MR) is 162 cm³/mol. The molecule has 0 spiro atoms. The lowest BCUT2D eigenvalue weighted by molar-refractivity contribution is 0.399. The van der Waals surface area contributed by atoms with E-state index in [1.807, 2.05) is 12.1 Å². The molecule has 0 atom stereocenters. The third-order valence-corrected chi connectivity index (χ3v) is 7.18. The third-order valence-electron chi connectivity index (χ3n) is 6.57. The molecule has 6 heteroatoms. The van der Waals surface area contributed by atoms with Gasteiger partial charge < -0.3 is 19.7 Å². The molecule has 3 aromatic carbocycles. The van der Waals surface area contributed by atoms with E-state index in [-0.39, 0.29) is 0 Å². The fourth-order valence-corrected chi connectivity index (χ4v) is 4.83. The van der Waals surface area contributed by atoms with E-state index in [0.717, 1.165) is 48.4 Å². The van der Waals surface area contributed by atoms with Crippen LogP contribution in [0.1, 0.15) is 28.8 Å². The van der Waals surface area contributed by atoms with Crippen molar-refractivity contribution in [1.82, 2.24) is 9.47 Å². The van der Waals surface area contributed by atoms with Gasteiger partial charge in [-0.25, -0.2) is 0 Å². The highest BCUT2D eigenvalue weighted by Gasteiger charge is 2.15. The SMILES string of the molecule is Cc1ccc(NC(=S)N(CCCN(C)c2ccccc2)Cc2cccn2Cc2ccc(Cl)cc2)c(C)c1. The van der Waals surface area contributed by atoms with Gasteiger partial charge in [-0.2, -0.15) is 0 Å². The van der Waals surface area contributed by atoms with Crippen LogP contribution in [-0.2, 0) is 13.1 Å². The van der Waals surface area contributed by atoms with Gasteiger partial charge in [-0.1, -0.05) is 59.6 Å². The number of nitrogens with zero attached hydrogens (tertiary/aromatic N) is 3. The summed E-state index contributed by atoms with van der Waals surface area (Å²) >= 11 is 12.0. The van der Waals surface area contributed by atoms with Crippen molar-refractivity contribution in [2.24, 2.45) is 0 Å². The number of halogens is 1. The van der Waals surface area contributed by atoms with E-state index in [2.05, 4.69) is 120 Å². The summed E-state index contributed by atoms with van der Waals surface area (Å²) in [6.07, 6.45) is 3.11. The smallest absolute Gasteiger partial charge is 0.173 e. The number of anilines is 2. The van der Waals surface area contributed by atoms with Crippen LogP contribution >= 0.6 is 23.8 Å². The van der Waals surface area contributed by atoms with Gasteiger partial charge in [0.25, 0.3) is 0 Å². The number of nitrogens with one attached hydrogen (secondary N) is 1. The molecule has 0 aliphatic heterocycles. The molecular weight excluding hydrogens is 496 g/mol. The number of hydrogen-bond donors (Lipinski definition) is 1. The molecule has 1 N–H and O–H groups in total. The zero-order valence-corrected chi connectivity index (χ0v) is 23.4. The second kappa shape index (κ2) is 12.8. The van der Waals surface area contributed by atoms with Crippen LogP contribution in [0.5, 0.6) is 0 Å². The first-order valence-corrected chi connectivity index (χ1v) is 13.5. The van der Waals surface area contributed by atoms with Crippen LogP contribution in [0.15, 0.2) is 91.1 Å². The summed E-state index contributed by atoms with van der Waals surface area (Å²) < 4.78 is 2.28. The number of hydrogen-bond acceptors (Lipinski definition) is 2. The molecule has 4 aromatic rings. The third kappa shape index (κ3) is 7.61. The van der Waals surface area contributed by atoms with Crippen molar-refractivity contribution in [2.75, 3.05) is 30.4 Å². The number of benzene rings is 3. The van der Waals surface area contributed by atoms with E-state index in [0.29, 0.717) is 0 Å². The van der Waals surface area contributed by atoms with Crippen LogP contribution in [0.25, 0.3) is 0 Å². The lowest BCUT2D eigenvalue weighted by atomic mass is 10.1. The lowest BCUT2D eigenvalue weighted by Crippen LogP contribution is -2.37. The van der Waals surface area contributed by atoms with Crippen LogP contribution < -0.4 is 10.2 Å². The minimum Gasteiger partial charge on any atom is -0.375 e. The number of aryl methyl sites for hydroxylation is 2. The monoisotopic (exact) mass is 530 g/mol. The minimum absolute atomic E-state index is 0.729. The highest BCUT2D eigenvalue weighted by molar-refractivity contribution is 7.80. The number of thiocarbonyl (C=S) groups is 1. The van der Waals surface area contributed by atoms with E-state index in [1.165, 1.54) is 28.1 Å². The zero-order valence-electron chi connectivity index (χ0n) is 21.8. The van der Waals surface area contributed by atoms with Crippen LogP contribution in [0.3, 0.4) is 0 Å². The summed E-state index contributed by atoms with van der Waals surface area (Å²) in [7, 11) is 2.14. The Morgan fingerprint density at radius 2 is 1.68 bits per heavy atom. The van der Waals surface area contributed by atoms with E-state index < -0.39 is 0 Å². The van der Waals surface area contributed by atoms with E-state index in [4.69, 9.17) is 23.8 Å². The van der Waals surface area contributed by atoms with Gasteiger partial charge in [-0.05, 0) is 86.1 Å². The molecule has 4 nitrogen and oxygen atoms in total. The number of aromatic nitrogens is 1. The molecule has 0 fully saturated rings. The van der Waals surface area contributed by atoms with Crippen molar-refractivity contribution in [3.63, 3.8) is 0 Å². The topological polar surface area (TPSA) is 23.4 Å². The molecule has 1 heterocycles. The van der Waals surface area contributed by atoms with Crippen molar-refractivity contribution in [1.29, 1.82) is 0 Å². The zero-order chi connectivity index (χ0) is 26.2. The first-order chi connectivity index (χ1) is 17.9. The summed E-state index contributed by atoms with van der Waals surface area (Å²) in [5.74, 6) is 0. The van der Waals surface area contributed by atoms with Crippen LogP contribution in [0, 0.1) is 13.8 Å². The second-order valence-corrected chi connectivity index (χ2v) is 10.4. The van der Waals surface area contributed by atoms with Crippen LogP contribution in [0.4, 0.5) is 11.4 Å². The molecular formula is C31H35ClN4S. The second-order valence-electron chi connectivity index (χ2n) is 9.53. The van der Waals surface area contributed by atoms with Gasteiger partial charge in [0.2, 0.25) is 0 Å². The average Bonchev–Trinajstić information content (AvgIpc) is 3.33. The van der Waals surface area contributed by atoms with Gasteiger partial charge in [0.15, 0.2) is 5.11 Å². The maximum Gasteiger partial charge on any atom is 0.173 e. The van der Waals surface area contributed by atoms with Crippen molar-refractivity contribution in [3.8, 4) is 0 Å². The molecule has 0 bridgehead atoms. The summed E-state index contributed by atoms with van der Waals surface area (Å²) in [6.45, 7) is 7.54. The summed E-state index contributed by atoms with van der Waals surface area (Å²) in [6, 6.07) is 29.2. The van der Waals surface area contributed by atoms with E-state index in [9.17, 15) is 0 Å². The minimum atomic E-state index is 0.729. The van der Waals surface area contributed by atoms with E-state index in [1.54, 1.807) is 0 Å². The van der Waals surface area contributed by atoms with Crippen molar-refractivity contribution < 1.29 is 0 Å². The Balaban J connectivity index is 1.48. The first kappa shape index (κ1) is 26.8. The standard InChI is InChI=1S/C31H35ClN4S/c1-24-12-17-30(25(2)21-24)33-31(37)36(20-8-18-34(3)28-9-5-4-6-10-28)23-29-11-7-19-35(29)22-26-13-15-27(32)16-14-26/h4-7,9-17,19,21H,8,18,20,22-23H2,1-3H3,(H,33,37). The Hall–Kier alpha value is -3.28. The van der Waals surface area contributed by atoms with Crippen molar-refractivity contribution in [2.45, 2.75) is 33.4 Å². The normalized spacial score (nSPS) is 10.8. The molecule has 0 unspecified atom stereocenters. The summed E-state index contributed by atoms with van der Waals surface area (Å²) in [5.41, 5.74) is 7.15. The molecule has 0 aliphatic carbocycles. The molecule has 0 radical (unpaired) electrons. The fourth-order valence-electron chi connectivity index (χ4n) is 4.44. The quantitative estimate of drug-likeness (QED) is 0.214. The number of para-hydroxylation sites is 1. The molecule has 0 saturated heterocycles. The molecule has 192 valence electrons. The number of rotatable bonds is 10. The van der Waals surface area contributed by atoms with Crippen LogP contribution in [-0.4, -0.2) is 34.7 Å². The lowest BCUT2D eigenvalue weighted by Gasteiger charge is -2.28. The maximum atomic E-state index is 6.09. The molecule has 1 aromatic heterocycles. The Morgan fingerprint density at radius 1 is 0.919 bits per heavy atom. The first-order valence-electron chi connectivity index (χ1n) is 12.7. The van der Waals surface area contributed by atoms with Crippen molar-refractivity contribution in [3.05, 3.63) is 119 Å². The van der Waals surface area contributed by atoms with Gasteiger partial charge in [-0.15, -0.1) is 0 Å². The Morgan fingerprint density at radius 3 is 2.41 bits per heavy atom. The molecule has 37 heavy (non-hydrogen) atoms. The van der Waals surface area contributed by atoms with Gasteiger partial charge >= 0.3 is 0 Å². The highest BCUT2D eigenvalue weighted by atomic mass is 35.5. The van der Waals surface area contributed by atoms with Gasteiger partial charge in [0.1, 0.15) is 0 Å². The van der Waals surface area contributed by atoms with Crippen molar-refractivity contribution >= 4 is 40.3 Å².